The van der Waals surface area contributed by atoms with Gasteiger partial charge in [0.1, 0.15) is 0 Å². The van der Waals surface area contributed by atoms with Crippen LogP contribution in [0.2, 0.25) is 0 Å². The summed E-state index contributed by atoms with van der Waals surface area (Å²) in [5.74, 6) is 0.370. The number of aryl methyl sites for hydroxylation is 2. The van der Waals surface area contributed by atoms with E-state index < -0.39 is 0 Å². The molecular formula is C15H22N2O2. The number of nitrogens with zero attached hydrogens (tertiary/aromatic N) is 1. The van der Waals surface area contributed by atoms with Crippen molar-refractivity contribution < 1.29 is 9.90 Å². The lowest BCUT2D eigenvalue weighted by atomic mass is 9.76. The highest BCUT2D eigenvalue weighted by molar-refractivity contribution is 5.94. The van der Waals surface area contributed by atoms with Crippen molar-refractivity contribution in [2.45, 2.75) is 52.2 Å². The van der Waals surface area contributed by atoms with Gasteiger partial charge >= 0.3 is 0 Å². The Balaban J connectivity index is 2.02. The van der Waals surface area contributed by atoms with Crippen LogP contribution >= 0.6 is 0 Å². The van der Waals surface area contributed by atoms with Crippen LogP contribution in [0.15, 0.2) is 12.1 Å². The molecule has 1 aliphatic carbocycles. The average Bonchev–Trinajstić information content (AvgIpc) is 2.31. The van der Waals surface area contributed by atoms with Crippen molar-refractivity contribution in [2.24, 2.45) is 5.92 Å². The molecule has 1 saturated carbocycles. The van der Waals surface area contributed by atoms with Gasteiger partial charge in [-0.05, 0) is 51.2 Å². The van der Waals surface area contributed by atoms with Gasteiger partial charge in [-0.15, -0.1) is 0 Å². The van der Waals surface area contributed by atoms with E-state index in [-0.39, 0.29) is 18.1 Å². The Kier molecular flexibility index (Phi) is 4.20. The van der Waals surface area contributed by atoms with Crippen molar-refractivity contribution in [3.8, 4) is 0 Å². The fraction of sp³-hybridized carbons (Fsp3) is 0.600. The van der Waals surface area contributed by atoms with Gasteiger partial charge in [0.15, 0.2) is 0 Å². The third kappa shape index (κ3) is 3.32. The zero-order valence-corrected chi connectivity index (χ0v) is 11.8. The quantitative estimate of drug-likeness (QED) is 0.872. The van der Waals surface area contributed by atoms with E-state index in [9.17, 15) is 9.90 Å². The molecule has 4 nitrogen and oxygen atoms in total. The number of pyridine rings is 1. The van der Waals surface area contributed by atoms with Crippen molar-refractivity contribution in [3.63, 3.8) is 0 Å². The molecule has 0 spiro atoms. The molecule has 1 atom stereocenters. The maximum absolute atomic E-state index is 12.2. The zero-order valence-electron chi connectivity index (χ0n) is 11.8. The van der Waals surface area contributed by atoms with Crippen molar-refractivity contribution >= 4 is 5.91 Å². The lowest BCUT2D eigenvalue weighted by molar-refractivity contribution is 0.0232. The van der Waals surface area contributed by atoms with Gasteiger partial charge in [-0.3, -0.25) is 9.78 Å². The predicted molar refractivity (Wildman–Crippen MR) is 74.0 cm³/mol. The molecule has 1 aliphatic rings. The Morgan fingerprint density at radius 1 is 1.42 bits per heavy atom. The summed E-state index contributed by atoms with van der Waals surface area (Å²) in [4.78, 5) is 16.5. The molecule has 1 fully saturated rings. The fourth-order valence-electron chi connectivity index (χ4n) is 2.73. The van der Waals surface area contributed by atoms with Crippen LogP contribution in [-0.2, 0) is 0 Å². The van der Waals surface area contributed by atoms with Crippen LogP contribution in [0.4, 0.5) is 0 Å². The van der Waals surface area contributed by atoms with E-state index in [0.29, 0.717) is 11.5 Å². The highest BCUT2D eigenvalue weighted by Gasteiger charge is 2.33. The molecule has 1 unspecified atom stereocenters. The van der Waals surface area contributed by atoms with Gasteiger partial charge < -0.3 is 10.4 Å². The van der Waals surface area contributed by atoms with Crippen LogP contribution in [0.25, 0.3) is 0 Å². The van der Waals surface area contributed by atoms with Crippen molar-refractivity contribution in [3.05, 3.63) is 29.1 Å². The van der Waals surface area contributed by atoms with Crippen LogP contribution in [0, 0.1) is 19.8 Å². The molecule has 1 amide bonds. The topological polar surface area (TPSA) is 62.2 Å². The van der Waals surface area contributed by atoms with Gasteiger partial charge in [-0.2, -0.15) is 0 Å². The number of carbonyl (C=O) groups excluding carboxylic acids is 1. The number of rotatable bonds is 4. The first-order valence-corrected chi connectivity index (χ1v) is 6.93. The summed E-state index contributed by atoms with van der Waals surface area (Å²) < 4.78 is 0. The molecule has 104 valence electrons. The number of aromatic nitrogens is 1. The summed E-state index contributed by atoms with van der Waals surface area (Å²) in [7, 11) is 0. The Morgan fingerprint density at radius 3 is 2.47 bits per heavy atom. The third-order valence-electron chi connectivity index (χ3n) is 3.82. The van der Waals surface area contributed by atoms with E-state index in [1.54, 1.807) is 0 Å². The van der Waals surface area contributed by atoms with Crippen LogP contribution in [0.5, 0.6) is 0 Å². The molecule has 1 aromatic rings. The van der Waals surface area contributed by atoms with Gasteiger partial charge in [-0.1, -0.05) is 6.92 Å². The SMILES string of the molecule is CCC(NC(=O)c1cc(C)nc(C)c1)C1CC(O)C1. The summed E-state index contributed by atoms with van der Waals surface area (Å²) in [5.41, 5.74) is 2.39. The summed E-state index contributed by atoms with van der Waals surface area (Å²) in [6.45, 7) is 5.85. The van der Waals surface area contributed by atoms with Crippen LogP contribution < -0.4 is 5.32 Å². The normalized spacial score (nSPS) is 23.6. The number of hydrogen-bond donors (Lipinski definition) is 2. The average molecular weight is 262 g/mol. The van der Waals surface area contributed by atoms with Crippen LogP contribution in [-0.4, -0.2) is 28.1 Å². The third-order valence-corrected chi connectivity index (χ3v) is 3.82. The largest absolute Gasteiger partial charge is 0.393 e. The molecule has 19 heavy (non-hydrogen) atoms. The molecule has 2 N–H and O–H groups in total. The van der Waals surface area contributed by atoms with Gasteiger partial charge in [-0.25, -0.2) is 0 Å². The minimum atomic E-state index is -0.179. The van der Waals surface area contributed by atoms with Crippen molar-refractivity contribution in [2.75, 3.05) is 0 Å². The van der Waals surface area contributed by atoms with Crippen LogP contribution in [0.3, 0.4) is 0 Å². The zero-order chi connectivity index (χ0) is 14.0. The van der Waals surface area contributed by atoms with Gasteiger partial charge in [0.05, 0.1) is 6.10 Å². The first kappa shape index (κ1) is 14.0. The summed E-state index contributed by atoms with van der Waals surface area (Å²) in [5, 5.41) is 12.4. The second-order valence-electron chi connectivity index (χ2n) is 5.51. The highest BCUT2D eigenvalue weighted by atomic mass is 16.3. The van der Waals surface area contributed by atoms with Gasteiger partial charge in [0, 0.05) is 23.0 Å². The highest BCUT2D eigenvalue weighted by Crippen LogP contribution is 2.31. The Morgan fingerprint density at radius 2 is 2.00 bits per heavy atom. The lowest BCUT2D eigenvalue weighted by Crippen LogP contribution is -2.46. The van der Waals surface area contributed by atoms with E-state index in [1.165, 1.54) is 0 Å². The monoisotopic (exact) mass is 262 g/mol. The first-order chi connectivity index (χ1) is 8.99. The molecule has 1 heterocycles. The molecule has 0 aliphatic heterocycles. The van der Waals surface area contributed by atoms with E-state index in [0.717, 1.165) is 30.7 Å². The fourth-order valence-corrected chi connectivity index (χ4v) is 2.73. The Hall–Kier alpha value is -1.42. The second-order valence-corrected chi connectivity index (χ2v) is 5.51. The molecular weight excluding hydrogens is 240 g/mol. The molecule has 0 saturated heterocycles. The number of aliphatic hydroxyl groups is 1. The lowest BCUT2D eigenvalue weighted by Gasteiger charge is -2.37. The van der Waals surface area contributed by atoms with Crippen LogP contribution in [0.1, 0.15) is 47.9 Å². The molecule has 0 radical (unpaired) electrons. The standard InChI is InChI=1S/C15H22N2O2/c1-4-14(11-7-13(18)8-11)17-15(19)12-5-9(2)16-10(3)6-12/h5-6,11,13-14,18H,4,7-8H2,1-3H3,(H,17,19). The Labute approximate surface area is 114 Å². The Bertz CT molecular complexity index is 447. The number of nitrogens with one attached hydrogen (secondary N) is 1. The number of aliphatic hydroxyl groups excluding tert-OH is 1. The van der Waals surface area contributed by atoms with E-state index in [4.69, 9.17) is 0 Å². The summed E-state index contributed by atoms with van der Waals surface area (Å²) >= 11 is 0. The smallest absolute Gasteiger partial charge is 0.251 e. The maximum Gasteiger partial charge on any atom is 0.251 e. The van der Waals surface area contributed by atoms with E-state index in [2.05, 4.69) is 17.2 Å². The minimum absolute atomic E-state index is 0.0400. The second kappa shape index (κ2) is 5.70. The van der Waals surface area contributed by atoms with E-state index in [1.807, 2.05) is 26.0 Å². The molecule has 4 heteroatoms. The van der Waals surface area contributed by atoms with E-state index >= 15 is 0 Å². The number of carbonyl (C=O) groups is 1. The number of hydrogen-bond acceptors (Lipinski definition) is 3. The number of amides is 1. The molecule has 1 aromatic heterocycles. The summed E-state index contributed by atoms with van der Waals surface area (Å²) in [6.07, 6.45) is 2.31. The maximum atomic E-state index is 12.2. The molecule has 0 aromatic carbocycles. The van der Waals surface area contributed by atoms with Crippen molar-refractivity contribution in [1.29, 1.82) is 0 Å². The van der Waals surface area contributed by atoms with Gasteiger partial charge in [0.25, 0.3) is 5.91 Å². The minimum Gasteiger partial charge on any atom is -0.393 e. The first-order valence-electron chi connectivity index (χ1n) is 6.93. The summed E-state index contributed by atoms with van der Waals surface area (Å²) in [6, 6.07) is 3.78. The molecule has 0 bridgehead atoms. The molecule has 2 rings (SSSR count). The van der Waals surface area contributed by atoms with Crippen molar-refractivity contribution in [1.82, 2.24) is 10.3 Å². The predicted octanol–water partition coefficient (Wildman–Crippen LogP) is 1.98. The van der Waals surface area contributed by atoms with Gasteiger partial charge in [0.2, 0.25) is 0 Å².